The van der Waals surface area contributed by atoms with Crippen LogP contribution in [0.25, 0.3) is 10.9 Å². The maximum absolute atomic E-state index is 10.7. The van der Waals surface area contributed by atoms with Crippen LogP contribution >= 0.6 is 15.9 Å². The molecule has 1 aromatic carbocycles. The molecule has 0 amide bonds. The van der Waals surface area contributed by atoms with Crippen LogP contribution in [0, 0.1) is 0 Å². The number of carbonyl (C=O) groups is 1. The summed E-state index contributed by atoms with van der Waals surface area (Å²) in [6.45, 7) is 0. The van der Waals surface area contributed by atoms with E-state index in [9.17, 15) is 4.79 Å². The predicted molar refractivity (Wildman–Crippen MR) is 55.4 cm³/mol. The van der Waals surface area contributed by atoms with Gasteiger partial charge in [-0.15, -0.1) is 0 Å². The van der Waals surface area contributed by atoms with E-state index in [4.69, 9.17) is 5.11 Å². The van der Waals surface area contributed by atoms with E-state index in [2.05, 4.69) is 21.0 Å². The number of fused-ring (bicyclic) bond motifs is 1. The van der Waals surface area contributed by atoms with Gasteiger partial charge in [-0.1, -0.05) is 0 Å². The van der Waals surface area contributed by atoms with Crippen LogP contribution < -0.4 is 0 Å². The Morgan fingerprint density at radius 1 is 1.57 bits per heavy atom. The normalized spacial score (nSPS) is 10.7. The molecule has 0 saturated heterocycles. The molecule has 0 saturated carbocycles. The first kappa shape index (κ1) is 9.21. The van der Waals surface area contributed by atoms with Gasteiger partial charge in [0.2, 0.25) is 0 Å². The van der Waals surface area contributed by atoms with Crippen molar-refractivity contribution in [3.05, 3.63) is 28.4 Å². The Morgan fingerprint density at radius 3 is 2.93 bits per heavy atom. The van der Waals surface area contributed by atoms with E-state index in [1.54, 1.807) is 22.9 Å². The second-order valence-electron chi connectivity index (χ2n) is 2.95. The molecule has 2 aromatic rings. The highest BCUT2D eigenvalue weighted by Gasteiger charge is 2.09. The first-order chi connectivity index (χ1) is 6.59. The lowest BCUT2D eigenvalue weighted by atomic mass is 10.2. The quantitative estimate of drug-likeness (QED) is 0.848. The minimum atomic E-state index is -0.928. The van der Waals surface area contributed by atoms with Gasteiger partial charge in [0.15, 0.2) is 0 Å². The first-order valence-electron chi connectivity index (χ1n) is 3.95. The van der Waals surface area contributed by atoms with E-state index in [1.807, 2.05) is 7.05 Å². The zero-order valence-corrected chi connectivity index (χ0v) is 8.95. The molecule has 0 spiro atoms. The van der Waals surface area contributed by atoms with Crippen LogP contribution in [-0.2, 0) is 7.05 Å². The summed E-state index contributed by atoms with van der Waals surface area (Å²) >= 11 is 3.28. The molecular weight excluding hydrogens is 248 g/mol. The van der Waals surface area contributed by atoms with Crippen molar-refractivity contribution in [2.75, 3.05) is 0 Å². The zero-order chi connectivity index (χ0) is 10.3. The summed E-state index contributed by atoms with van der Waals surface area (Å²) in [5.74, 6) is -0.928. The molecule has 14 heavy (non-hydrogen) atoms. The predicted octanol–water partition coefficient (Wildman–Crippen LogP) is 2.03. The van der Waals surface area contributed by atoms with Crippen LogP contribution in [0.5, 0.6) is 0 Å². The summed E-state index contributed by atoms with van der Waals surface area (Å²) < 4.78 is 2.36. The van der Waals surface area contributed by atoms with Crippen LogP contribution in [-0.4, -0.2) is 20.9 Å². The smallest absolute Gasteiger partial charge is 0.335 e. The Labute approximate surface area is 88.3 Å². The molecule has 0 radical (unpaired) electrons. The number of aryl methyl sites for hydroxylation is 1. The SMILES string of the molecule is Cn1nc(Br)c2cc(C(=O)O)ccc21. The summed E-state index contributed by atoms with van der Waals surface area (Å²) in [4.78, 5) is 10.7. The van der Waals surface area contributed by atoms with E-state index in [-0.39, 0.29) is 5.56 Å². The molecular formula is C9H7BrN2O2. The highest BCUT2D eigenvalue weighted by molar-refractivity contribution is 9.10. The lowest BCUT2D eigenvalue weighted by Crippen LogP contribution is -1.95. The largest absolute Gasteiger partial charge is 0.478 e. The molecule has 72 valence electrons. The monoisotopic (exact) mass is 254 g/mol. The summed E-state index contributed by atoms with van der Waals surface area (Å²) in [5.41, 5.74) is 1.17. The Hall–Kier alpha value is -1.36. The number of halogens is 1. The first-order valence-corrected chi connectivity index (χ1v) is 4.74. The molecule has 1 heterocycles. The van der Waals surface area contributed by atoms with Gasteiger partial charge in [-0.05, 0) is 34.1 Å². The van der Waals surface area contributed by atoms with Gasteiger partial charge in [0.1, 0.15) is 4.60 Å². The molecule has 4 nitrogen and oxygen atoms in total. The second-order valence-corrected chi connectivity index (χ2v) is 3.70. The van der Waals surface area contributed by atoms with Crippen molar-refractivity contribution < 1.29 is 9.90 Å². The van der Waals surface area contributed by atoms with Gasteiger partial charge < -0.3 is 5.11 Å². The molecule has 0 atom stereocenters. The van der Waals surface area contributed by atoms with Crippen molar-refractivity contribution in [2.45, 2.75) is 0 Å². The Kier molecular flexibility index (Phi) is 2.03. The van der Waals surface area contributed by atoms with Crippen molar-refractivity contribution in [1.29, 1.82) is 0 Å². The van der Waals surface area contributed by atoms with Gasteiger partial charge in [0.25, 0.3) is 0 Å². The Bertz CT molecular complexity index is 519. The minimum absolute atomic E-state index is 0.270. The number of hydrogen-bond donors (Lipinski definition) is 1. The lowest BCUT2D eigenvalue weighted by molar-refractivity contribution is 0.0697. The number of hydrogen-bond acceptors (Lipinski definition) is 2. The summed E-state index contributed by atoms with van der Waals surface area (Å²) in [6, 6.07) is 4.92. The molecule has 0 unspecified atom stereocenters. The van der Waals surface area contributed by atoms with Crippen molar-refractivity contribution >= 4 is 32.8 Å². The summed E-state index contributed by atoms with van der Waals surface area (Å²) in [6.07, 6.45) is 0. The van der Waals surface area contributed by atoms with E-state index in [0.717, 1.165) is 10.9 Å². The van der Waals surface area contributed by atoms with E-state index in [0.29, 0.717) is 4.60 Å². The van der Waals surface area contributed by atoms with E-state index >= 15 is 0 Å². The molecule has 0 aliphatic carbocycles. The highest BCUT2D eigenvalue weighted by atomic mass is 79.9. The fraction of sp³-hybridized carbons (Fsp3) is 0.111. The van der Waals surface area contributed by atoms with Crippen LogP contribution in [0.4, 0.5) is 0 Å². The van der Waals surface area contributed by atoms with Gasteiger partial charge in [-0.2, -0.15) is 5.10 Å². The summed E-state index contributed by atoms with van der Waals surface area (Å²) in [5, 5.41) is 13.7. The van der Waals surface area contributed by atoms with Crippen molar-refractivity contribution in [3.8, 4) is 0 Å². The molecule has 5 heteroatoms. The number of benzene rings is 1. The van der Waals surface area contributed by atoms with Crippen LogP contribution in [0.15, 0.2) is 22.8 Å². The molecule has 0 fully saturated rings. The van der Waals surface area contributed by atoms with E-state index < -0.39 is 5.97 Å². The van der Waals surface area contributed by atoms with Gasteiger partial charge >= 0.3 is 5.97 Å². The number of aromatic nitrogens is 2. The molecule has 0 aliphatic heterocycles. The zero-order valence-electron chi connectivity index (χ0n) is 7.36. The van der Waals surface area contributed by atoms with Gasteiger partial charge in [0.05, 0.1) is 11.1 Å². The molecule has 1 N–H and O–H groups in total. The summed E-state index contributed by atoms with van der Waals surface area (Å²) in [7, 11) is 1.81. The second kappa shape index (κ2) is 3.09. The van der Waals surface area contributed by atoms with Crippen molar-refractivity contribution in [1.82, 2.24) is 9.78 Å². The fourth-order valence-electron chi connectivity index (χ4n) is 1.36. The van der Waals surface area contributed by atoms with Crippen LogP contribution in [0.1, 0.15) is 10.4 Å². The molecule has 2 rings (SSSR count). The van der Waals surface area contributed by atoms with Gasteiger partial charge in [0, 0.05) is 12.4 Å². The van der Waals surface area contributed by atoms with Crippen LogP contribution in [0.2, 0.25) is 0 Å². The van der Waals surface area contributed by atoms with E-state index in [1.165, 1.54) is 0 Å². The Balaban J connectivity index is 2.77. The topological polar surface area (TPSA) is 55.1 Å². The standard InChI is InChI=1S/C9H7BrN2O2/c1-12-7-3-2-5(9(13)14)4-6(7)8(10)11-12/h2-4H,1H3,(H,13,14). The number of carboxylic acid groups (broad SMARTS) is 1. The highest BCUT2D eigenvalue weighted by Crippen LogP contribution is 2.23. The number of rotatable bonds is 1. The van der Waals surface area contributed by atoms with Crippen LogP contribution in [0.3, 0.4) is 0 Å². The Morgan fingerprint density at radius 2 is 2.29 bits per heavy atom. The maximum Gasteiger partial charge on any atom is 0.335 e. The third-order valence-electron chi connectivity index (χ3n) is 2.05. The molecule has 0 bridgehead atoms. The maximum atomic E-state index is 10.7. The molecule has 1 aromatic heterocycles. The fourth-order valence-corrected chi connectivity index (χ4v) is 1.91. The lowest BCUT2D eigenvalue weighted by Gasteiger charge is -1.95. The minimum Gasteiger partial charge on any atom is -0.478 e. The van der Waals surface area contributed by atoms with Crippen molar-refractivity contribution in [2.24, 2.45) is 7.05 Å². The van der Waals surface area contributed by atoms with Crippen molar-refractivity contribution in [3.63, 3.8) is 0 Å². The number of carboxylic acids is 1. The van der Waals surface area contributed by atoms with Gasteiger partial charge in [-0.3, -0.25) is 4.68 Å². The third-order valence-corrected chi connectivity index (χ3v) is 2.64. The number of nitrogens with zero attached hydrogens (tertiary/aromatic N) is 2. The third kappa shape index (κ3) is 1.29. The number of aromatic carboxylic acids is 1. The molecule has 0 aliphatic rings. The van der Waals surface area contributed by atoms with Gasteiger partial charge in [-0.25, -0.2) is 4.79 Å². The average Bonchev–Trinajstić information content (AvgIpc) is 2.42. The average molecular weight is 255 g/mol.